The summed E-state index contributed by atoms with van der Waals surface area (Å²) in [5.74, 6) is -0.700. The molecule has 1 aromatic rings. The van der Waals surface area contributed by atoms with Crippen LogP contribution < -0.4 is 5.32 Å². The largest absolute Gasteiger partial charge is 0.481 e. The van der Waals surface area contributed by atoms with Gasteiger partial charge < -0.3 is 10.0 Å². The fourth-order valence-corrected chi connectivity index (χ4v) is 4.67. The predicted octanol–water partition coefficient (Wildman–Crippen LogP) is 2.99. The molecule has 2 amide bonds. The van der Waals surface area contributed by atoms with E-state index < -0.39 is 11.4 Å². The number of anilines is 1. The van der Waals surface area contributed by atoms with Crippen LogP contribution in [0.15, 0.2) is 0 Å². The van der Waals surface area contributed by atoms with Gasteiger partial charge in [0, 0.05) is 19.5 Å². The number of carboxylic acid groups (broad SMARTS) is 1. The second-order valence-electron chi connectivity index (χ2n) is 6.82. The number of hydrogen-bond acceptors (Lipinski definition) is 5. The lowest BCUT2D eigenvalue weighted by molar-refractivity contribution is -0.149. The zero-order valence-corrected chi connectivity index (χ0v) is 14.8. The van der Waals surface area contributed by atoms with Crippen molar-refractivity contribution >= 4 is 28.5 Å². The summed E-state index contributed by atoms with van der Waals surface area (Å²) < 4.78 is 0. The molecule has 1 aliphatic heterocycles. The molecule has 1 saturated heterocycles. The van der Waals surface area contributed by atoms with E-state index in [1.54, 1.807) is 4.90 Å². The Kier molecular flexibility index (Phi) is 5.03. The number of rotatable bonds is 6. The lowest BCUT2D eigenvalue weighted by Crippen LogP contribution is -2.38. The molecule has 0 spiro atoms. The van der Waals surface area contributed by atoms with Crippen molar-refractivity contribution in [2.45, 2.75) is 51.9 Å². The number of likely N-dealkylation sites (tertiary alicyclic amines) is 1. The molecule has 0 bridgehead atoms. The average Bonchev–Trinajstić information content (AvgIpc) is 3.21. The number of fused-ring (bicyclic) bond motifs is 1. The number of nitrogens with zero attached hydrogens (tertiary/aromatic N) is 3. The van der Waals surface area contributed by atoms with Crippen LogP contribution in [0.25, 0.3) is 0 Å². The number of carbonyl (C=O) groups is 2. The topological polar surface area (TPSA) is 95.4 Å². The molecule has 0 aromatic carbocycles. The maximum Gasteiger partial charge on any atom is 0.323 e. The van der Waals surface area contributed by atoms with Crippen molar-refractivity contribution in [1.29, 1.82) is 0 Å². The van der Waals surface area contributed by atoms with Crippen LogP contribution in [0.4, 0.5) is 9.93 Å². The van der Waals surface area contributed by atoms with Crippen molar-refractivity contribution in [3.63, 3.8) is 0 Å². The summed E-state index contributed by atoms with van der Waals surface area (Å²) in [6.07, 6.45) is 6.76. The van der Waals surface area contributed by atoms with E-state index >= 15 is 0 Å². The van der Waals surface area contributed by atoms with Crippen LogP contribution >= 0.6 is 11.3 Å². The molecule has 0 unspecified atom stereocenters. The van der Waals surface area contributed by atoms with Crippen LogP contribution in [-0.2, 0) is 11.2 Å². The van der Waals surface area contributed by atoms with Gasteiger partial charge in [-0.25, -0.2) is 4.79 Å². The summed E-state index contributed by atoms with van der Waals surface area (Å²) >= 11 is 1.40. The Balaban J connectivity index is 1.57. The summed E-state index contributed by atoms with van der Waals surface area (Å²) in [5, 5.41) is 21.9. The van der Waals surface area contributed by atoms with Crippen LogP contribution in [0.1, 0.15) is 50.5 Å². The van der Waals surface area contributed by atoms with Gasteiger partial charge in [-0.2, -0.15) is 0 Å². The number of aliphatic carboxylic acids is 1. The molecule has 24 heavy (non-hydrogen) atoms. The van der Waals surface area contributed by atoms with Gasteiger partial charge in [-0.1, -0.05) is 37.5 Å². The van der Waals surface area contributed by atoms with Gasteiger partial charge in [0.2, 0.25) is 5.13 Å². The number of hydrogen-bond donors (Lipinski definition) is 2. The zero-order chi connectivity index (χ0) is 17.2. The first-order valence-electron chi connectivity index (χ1n) is 8.67. The first-order valence-corrected chi connectivity index (χ1v) is 9.48. The highest BCUT2D eigenvalue weighted by Crippen LogP contribution is 2.48. The third-order valence-electron chi connectivity index (χ3n) is 5.26. The second kappa shape index (κ2) is 7.04. The number of aromatic nitrogens is 2. The molecule has 2 aliphatic rings. The summed E-state index contributed by atoms with van der Waals surface area (Å²) in [6.45, 7) is 2.96. The maximum atomic E-state index is 12.4. The van der Waals surface area contributed by atoms with Gasteiger partial charge in [-0.3, -0.25) is 10.1 Å². The molecule has 3 rings (SSSR count). The fourth-order valence-electron chi connectivity index (χ4n) is 3.90. The van der Waals surface area contributed by atoms with Gasteiger partial charge in [0.05, 0.1) is 5.41 Å². The molecular formula is C16H24N4O3S. The maximum absolute atomic E-state index is 12.4. The molecule has 1 aromatic heterocycles. The molecule has 2 heterocycles. The van der Waals surface area contributed by atoms with Gasteiger partial charge >= 0.3 is 12.0 Å². The van der Waals surface area contributed by atoms with E-state index in [0.717, 1.165) is 43.5 Å². The minimum absolute atomic E-state index is 0.0692. The number of amides is 2. The van der Waals surface area contributed by atoms with Gasteiger partial charge in [-0.15, -0.1) is 10.2 Å². The third-order valence-corrected chi connectivity index (χ3v) is 6.16. The number of carboxylic acids is 1. The molecule has 2 fully saturated rings. The molecule has 1 aliphatic carbocycles. The fraction of sp³-hybridized carbons (Fsp3) is 0.750. The van der Waals surface area contributed by atoms with Crippen LogP contribution in [0, 0.1) is 11.3 Å². The Morgan fingerprint density at radius 1 is 1.42 bits per heavy atom. The van der Waals surface area contributed by atoms with Crippen molar-refractivity contribution in [1.82, 2.24) is 15.1 Å². The highest BCUT2D eigenvalue weighted by atomic mass is 32.1. The molecule has 2 N–H and O–H groups in total. The first kappa shape index (κ1) is 17.1. The lowest BCUT2D eigenvalue weighted by Gasteiger charge is -2.23. The van der Waals surface area contributed by atoms with Crippen LogP contribution in [-0.4, -0.2) is 45.3 Å². The molecule has 8 heteroatoms. The molecule has 2 atom stereocenters. The normalized spacial score (nSPS) is 25.7. The van der Waals surface area contributed by atoms with E-state index in [1.807, 2.05) is 0 Å². The predicted molar refractivity (Wildman–Crippen MR) is 91.1 cm³/mol. The van der Waals surface area contributed by atoms with Crippen LogP contribution in [0.5, 0.6) is 0 Å². The van der Waals surface area contributed by atoms with E-state index in [2.05, 4.69) is 22.4 Å². The molecule has 7 nitrogen and oxygen atoms in total. The summed E-state index contributed by atoms with van der Waals surface area (Å²) in [5.41, 5.74) is -0.746. The van der Waals surface area contributed by atoms with E-state index in [4.69, 9.17) is 0 Å². The zero-order valence-electron chi connectivity index (χ0n) is 14.0. The SMILES string of the molecule is CCCCCc1nnc(NC(=O)N2C[C@@H]3CCC[C@@]3(C(=O)O)C2)s1. The van der Waals surface area contributed by atoms with Crippen molar-refractivity contribution < 1.29 is 14.7 Å². The van der Waals surface area contributed by atoms with Gasteiger partial charge in [-0.05, 0) is 25.2 Å². The van der Waals surface area contributed by atoms with Gasteiger partial charge in [0.1, 0.15) is 5.01 Å². The van der Waals surface area contributed by atoms with Crippen molar-refractivity contribution in [2.24, 2.45) is 11.3 Å². The van der Waals surface area contributed by atoms with E-state index in [1.165, 1.54) is 11.3 Å². The lowest BCUT2D eigenvalue weighted by atomic mass is 9.81. The quantitative estimate of drug-likeness (QED) is 0.767. The average molecular weight is 352 g/mol. The van der Waals surface area contributed by atoms with Gasteiger partial charge in [0.25, 0.3) is 0 Å². The highest BCUT2D eigenvalue weighted by molar-refractivity contribution is 7.15. The molecule has 132 valence electrons. The summed E-state index contributed by atoms with van der Waals surface area (Å²) in [4.78, 5) is 25.7. The van der Waals surface area contributed by atoms with Crippen LogP contribution in [0.3, 0.4) is 0 Å². The van der Waals surface area contributed by atoms with E-state index in [9.17, 15) is 14.7 Å². The van der Waals surface area contributed by atoms with Crippen molar-refractivity contribution in [3.8, 4) is 0 Å². The number of unbranched alkanes of at least 4 members (excludes halogenated alkanes) is 2. The number of aryl methyl sites for hydroxylation is 1. The van der Waals surface area contributed by atoms with Crippen molar-refractivity contribution in [2.75, 3.05) is 18.4 Å². The Morgan fingerprint density at radius 2 is 2.25 bits per heavy atom. The Hall–Kier alpha value is -1.70. The minimum Gasteiger partial charge on any atom is -0.481 e. The highest BCUT2D eigenvalue weighted by Gasteiger charge is 2.55. The smallest absolute Gasteiger partial charge is 0.323 e. The Bertz CT molecular complexity index is 620. The van der Waals surface area contributed by atoms with Crippen molar-refractivity contribution in [3.05, 3.63) is 5.01 Å². The minimum atomic E-state index is -0.769. The van der Waals surface area contributed by atoms with Crippen LogP contribution in [0.2, 0.25) is 0 Å². The first-order chi connectivity index (χ1) is 11.5. The Labute approximate surface area is 145 Å². The third kappa shape index (κ3) is 3.24. The number of urea groups is 1. The summed E-state index contributed by atoms with van der Waals surface area (Å²) in [7, 11) is 0. The standard InChI is InChI=1S/C16H24N4O3S/c1-2-3-4-7-12-18-19-14(24-12)17-15(23)20-9-11-6-5-8-16(11,10-20)13(21)22/h11H,2-10H2,1H3,(H,21,22)(H,17,19,23)/t11-,16+/m0/s1. The molecular weight excluding hydrogens is 328 g/mol. The monoisotopic (exact) mass is 352 g/mol. The Morgan fingerprint density at radius 3 is 2.96 bits per heavy atom. The number of carbonyl (C=O) groups excluding carboxylic acids is 1. The second-order valence-corrected chi connectivity index (χ2v) is 7.88. The van der Waals surface area contributed by atoms with E-state index in [0.29, 0.717) is 24.6 Å². The number of nitrogens with one attached hydrogen (secondary N) is 1. The molecule has 0 radical (unpaired) electrons. The van der Waals surface area contributed by atoms with Gasteiger partial charge in [0.15, 0.2) is 0 Å². The molecule has 1 saturated carbocycles. The van der Waals surface area contributed by atoms with E-state index in [-0.39, 0.29) is 11.9 Å². The summed E-state index contributed by atoms with van der Waals surface area (Å²) in [6, 6.07) is -0.263.